The molecule has 0 N–H and O–H groups in total. The zero-order valence-corrected chi connectivity index (χ0v) is 12.4. The number of methoxy groups -OCH3 is 3. The smallest absolute Gasteiger partial charge is 0.493 e. The lowest BCUT2D eigenvalue weighted by atomic mass is 10.2. The molecule has 124 valence electrons. The van der Waals surface area contributed by atoms with E-state index in [4.69, 9.17) is 9.47 Å². The summed E-state index contributed by atoms with van der Waals surface area (Å²) in [5.74, 6) is -2.43. The van der Waals surface area contributed by atoms with Crippen molar-refractivity contribution in [1.82, 2.24) is 0 Å². The highest BCUT2D eigenvalue weighted by atomic mass is 32.2. The molecule has 0 bridgehead atoms. The first kappa shape index (κ1) is 17.9. The van der Waals surface area contributed by atoms with Gasteiger partial charge in [-0.1, -0.05) is 0 Å². The third-order valence-corrected chi connectivity index (χ3v) is 3.31. The van der Waals surface area contributed by atoms with E-state index < -0.39 is 33.1 Å². The van der Waals surface area contributed by atoms with Gasteiger partial charge in [0.1, 0.15) is 0 Å². The first-order chi connectivity index (χ1) is 10.1. The van der Waals surface area contributed by atoms with Gasteiger partial charge in [-0.3, -0.25) is 0 Å². The van der Waals surface area contributed by atoms with Gasteiger partial charge in [0.05, 0.1) is 26.9 Å². The summed E-state index contributed by atoms with van der Waals surface area (Å²) >= 11 is 0. The molecule has 0 unspecified atom stereocenters. The van der Waals surface area contributed by atoms with Crippen LogP contribution in [0.15, 0.2) is 12.1 Å². The molecule has 0 spiro atoms. The van der Waals surface area contributed by atoms with Gasteiger partial charge in [-0.2, -0.15) is 21.6 Å². The van der Waals surface area contributed by atoms with Crippen LogP contribution in [-0.2, 0) is 14.9 Å². The molecule has 0 atom stereocenters. The number of alkyl halides is 3. The zero-order valence-electron chi connectivity index (χ0n) is 11.6. The highest BCUT2D eigenvalue weighted by molar-refractivity contribution is 7.88. The fraction of sp³-hybridized carbons (Fsp3) is 0.364. The summed E-state index contributed by atoms with van der Waals surface area (Å²) in [7, 11) is -2.71. The van der Waals surface area contributed by atoms with Crippen molar-refractivity contribution in [1.29, 1.82) is 0 Å². The standard InChI is InChI=1S/C11H11F3O7S/c1-18-7-4-6(10(15)20-3)5-8(9(7)19-2)21-22(16,17)11(12,13)14/h4-5H,1-3H3. The molecule has 0 radical (unpaired) electrons. The van der Waals surface area contributed by atoms with Crippen LogP contribution in [0, 0.1) is 0 Å². The van der Waals surface area contributed by atoms with Crippen molar-refractivity contribution in [3.8, 4) is 17.2 Å². The maximum Gasteiger partial charge on any atom is 0.534 e. The van der Waals surface area contributed by atoms with Crippen LogP contribution in [0.5, 0.6) is 17.2 Å². The second-order valence-corrected chi connectivity index (χ2v) is 5.22. The van der Waals surface area contributed by atoms with E-state index in [0.717, 1.165) is 33.5 Å². The zero-order chi connectivity index (χ0) is 17.1. The number of carbonyl (C=O) groups excluding carboxylic acids is 1. The average molecular weight is 344 g/mol. The number of esters is 1. The van der Waals surface area contributed by atoms with Gasteiger partial charge < -0.3 is 18.4 Å². The van der Waals surface area contributed by atoms with Gasteiger partial charge in [0.15, 0.2) is 11.5 Å². The molecule has 0 heterocycles. The predicted octanol–water partition coefficient (Wildman–Crippen LogP) is 1.72. The molecular weight excluding hydrogens is 333 g/mol. The summed E-state index contributed by atoms with van der Waals surface area (Å²) in [5.41, 5.74) is -5.93. The second kappa shape index (κ2) is 6.30. The van der Waals surface area contributed by atoms with Crippen molar-refractivity contribution in [3.05, 3.63) is 17.7 Å². The van der Waals surface area contributed by atoms with E-state index in [1.54, 1.807) is 0 Å². The van der Waals surface area contributed by atoms with Gasteiger partial charge in [0.25, 0.3) is 0 Å². The van der Waals surface area contributed by atoms with E-state index in [9.17, 15) is 26.4 Å². The topological polar surface area (TPSA) is 88.1 Å². The number of rotatable bonds is 5. The van der Waals surface area contributed by atoms with Crippen LogP contribution in [0.1, 0.15) is 10.4 Å². The lowest BCUT2D eigenvalue weighted by Crippen LogP contribution is -2.28. The summed E-state index contributed by atoms with van der Waals surface area (Å²) < 4.78 is 77.3. The van der Waals surface area contributed by atoms with Crippen LogP contribution < -0.4 is 13.7 Å². The molecule has 11 heteroatoms. The van der Waals surface area contributed by atoms with Crippen molar-refractivity contribution >= 4 is 16.1 Å². The van der Waals surface area contributed by atoms with E-state index in [-0.39, 0.29) is 11.3 Å². The second-order valence-electron chi connectivity index (χ2n) is 3.68. The summed E-state index contributed by atoms with van der Waals surface area (Å²) in [6.07, 6.45) is 0. The molecule has 0 fully saturated rings. The fourth-order valence-electron chi connectivity index (χ4n) is 1.39. The Balaban J connectivity index is 3.48. The summed E-state index contributed by atoms with van der Waals surface area (Å²) in [5, 5.41) is 0. The van der Waals surface area contributed by atoms with Gasteiger partial charge >= 0.3 is 21.6 Å². The predicted molar refractivity (Wildman–Crippen MR) is 66.5 cm³/mol. The van der Waals surface area contributed by atoms with Crippen molar-refractivity contribution in [3.63, 3.8) is 0 Å². The molecule has 0 aliphatic carbocycles. The first-order valence-electron chi connectivity index (χ1n) is 5.42. The maximum absolute atomic E-state index is 12.4. The molecule has 0 aliphatic heterocycles. The van der Waals surface area contributed by atoms with E-state index in [0.29, 0.717) is 0 Å². The van der Waals surface area contributed by atoms with Gasteiger partial charge in [0.2, 0.25) is 5.75 Å². The van der Waals surface area contributed by atoms with E-state index >= 15 is 0 Å². The molecule has 1 aromatic carbocycles. The Morgan fingerprint density at radius 2 is 1.59 bits per heavy atom. The van der Waals surface area contributed by atoms with Crippen molar-refractivity contribution in [2.75, 3.05) is 21.3 Å². The van der Waals surface area contributed by atoms with Crippen molar-refractivity contribution in [2.24, 2.45) is 0 Å². The monoisotopic (exact) mass is 344 g/mol. The Bertz CT molecular complexity index is 667. The van der Waals surface area contributed by atoms with Gasteiger partial charge in [0, 0.05) is 6.07 Å². The number of carbonyl (C=O) groups is 1. The van der Waals surface area contributed by atoms with E-state index in [1.807, 2.05) is 0 Å². The molecule has 1 rings (SSSR count). The lowest BCUT2D eigenvalue weighted by Gasteiger charge is -2.15. The average Bonchev–Trinajstić information content (AvgIpc) is 2.43. The lowest BCUT2D eigenvalue weighted by molar-refractivity contribution is -0.0500. The van der Waals surface area contributed by atoms with Gasteiger partial charge in [-0.15, -0.1) is 0 Å². The van der Waals surface area contributed by atoms with Crippen molar-refractivity contribution in [2.45, 2.75) is 5.51 Å². The minimum atomic E-state index is -5.95. The molecule has 0 amide bonds. The summed E-state index contributed by atoms with van der Waals surface area (Å²) in [6, 6.07) is 1.83. The Morgan fingerprint density at radius 1 is 1.05 bits per heavy atom. The van der Waals surface area contributed by atoms with Crippen LogP contribution in [0.3, 0.4) is 0 Å². The molecule has 22 heavy (non-hydrogen) atoms. The molecule has 0 saturated carbocycles. The SMILES string of the molecule is COC(=O)c1cc(OC)c(OC)c(OS(=O)(=O)C(F)(F)F)c1. The highest BCUT2D eigenvalue weighted by Crippen LogP contribution is 2.40. The van der Waals surface area contributed by atoms with Gasteiger partial charge in [-0.25, -0.2) is 4.79 Å². The quantitative estimate of drug-likeness (QED) is 0.456. The normalized spacial score (nSPS) is 11.7. The molecular formula is C11H11F3O7S. The molecule has 0 aliphatic rings. The number of hydrogen-bond acceptors (Lipinski definition) is 7. The fourth-order valence-corrected chi connectivity index (χ4v) is 1.85. The number of halogens is 3. The molecule has 7 nitrogen and oxygen atoms in total. The maximum atomic E-state index is 12.4. The van der Waals surface area contributed by atoms with E-state index in [1.165, 1.54) is 0 Å². The molecule has 1 aromatic rings. The van der Waals surface area contributed by atoms with Crippen molar-refractivity contribution < 1.29 is 44.8 Å². The third-order valence-electron chi connectivity index (χ3n) is 2.35. The number of ether oxygens (including phenoxy) is 3. The largest absolute Gasteiger partial charge is 0.534 e. The summed E-state index contributed by atoms with van der Waals surface area (Å²) in [4.78, 5) is 11.5. The number of hydrogen-bond donors (Lipinski definition) is 0. The Labute approximate surface area is 123 Å². The summed E-state index contributed by atoms with van der Waals surface area (Å²) in [6.45, 7) is 0. The third kappa shape index (κ3) is 3.53. The Hall–Kier alpha value is -2.17. The van der Waals surface area contributed by atoms with Crippen LogP contribution in [-0.4, -0.2) is 41.2 Å². The van der Waals surface area contributed by atoms with Gasteiger partial charge in [-0.05, 0) is 6.07 Å². The van der Waals surface area contributed by atoms with Crippen LogP contribution in [0.25, 0.3) is 0 Å². The number of benzene rings is 1. The Morgan fingerprint density at radius 3 is 2.00 bits per heavy atom. The Kier molecular flexibility index (Phi) is 5.12. The highest BCUT2D eigenvalue weighted by Gasteiger charge is 2.49. The minimum absolute atomic E-state index is 0.210. The van der Waals surface area contributed by atoms with Crippen LogP contribution in [0.4, 0.5) is 13.2 Å². The van der Waals surface area contributed by atoms with E-state index in [2.05, 4.69) is 8.92 Å². The van der Waals surface area contributed by atoms with Crippen LogP contribution >= 0.6 is 0 Å². The molecule has 0 aromatic heterocycles. The minimum Gasteiger partial charge on any atom is -0.493 e. The molecule has 0 saturated heterocycles. The first-order valence-corrected chi connectivity index (χ1v) is 6.83. The van der Waals surface area contributed by atoms with Crippen LogP contribution in [0.2, 0.25) is 0 Å².